The van der Waals surface area contributed by atoms with Crippen molar-refractivity contribution in [1.29, 1.82) is 0 Å². The quantitative estimate of drug-likeness (QED) is 0.926. The maximum Gasteiger partial charge on any atom is 0.194 e. The molecule has 104 valence electrons. The van der Waals surface area contributed by atoms with E-state index in [9.17, 15) is 0 Å². The molecule has 1 aliphatic rings. The number of fused-ring (bicyclic) bond motifs is 1. The van der Waals surface area contributed by atoms with Crippen LogP contribution in [-0.2, 0) is 6.54 Å². The Morgan fingerprint density at radius 1 is 1.42 bits per heavy atom. The summed E-state index contributed by atoms with van der Waals surface area (Å²) in [6, 6.07) is 0. The van der Waals surface area contributed by atoms with Crippen LogP contribution in [0.2, 0.25) is 0 Å². The predicted octanol–water partition coefficient (Wildman–Crippen LogP) is 3.54. The second kappa shape index (κ2) is 5.25. The Balaban J connectivity index is 1.63. The Bertz CT molecular complexity index is 569. The summed E-state index contributed by atoms with van der Waals surface area (Å²) in [4.78, 5) is 7.09. The van der Waals surface area contributed by atoms with E-state index in [2.05, 4.69) is 41.7 Å². The van der Waals surface area contributed by atoms with E-state index in [0.29, 0.717) is 0 Å². The molecule has 2 heterocycles. The van der Waals surface area contributed by atoms with E-state index in [-0.39, 0.29) is 0 Å². The monoisotopic (exact) mass is 277 g/mol. The normalized spacial score (nSPS) is 23.5. The van der Waals surface area contributed by atoms with Crippen LogP contribution in [0.25, 0.3) is 4.96 Å². The van der Waals surface area contributed by atoms with Crippen LogP contribution in [0.5, 0.6) is 0 Å². The molecule has 1 saturated carbocycles. The van der Waals surface area contributed by atoms with E-state index >= 15 is 0 Å². The topological polar surface area (TPSA) is 29.3 Å². The molecule has 0 aromatic carbocycles. The zero-order valence-electron chi connectivity index (χ0n) is 12.1. The summed E-state index contributed by atoms with van der Waals surface area (Å²) in [6.07, 6.45) is 6.40. The summed E-state index contributed by atoms with van der Waals surface area (Å²) in [7, 11) is 0. The van der Waals surface area contributed by atoms with Crippen LogP contribution >= 0.6 is 11.3 Å². The van der Waals surface area contributed by atoms with Crippen molar-refractivity contribution in [1.82, 2.24) is 14.7 Å². The fourth-order valence-electron chi connectivity index (χ4n) is 3.23. The molecule has 4 heteroatoms. The molecule has 0 saturated heterocycles. The summed E-state index contributed by atoms with van der Waals surface area (Å²) >= 11 is 1.77. The average molecular weight is 277 g/mol. The lowest BCUT2D eigenvalue weighted by atomic mass is 10.1. The molecule has 0 aliphatic heterocycles. The first kappa shape index (κ1) is 13.1. The molecule has 0 spiro atoms. The summed E-state index contributed by atoms with van der Waals surface area (Å²) in [5.41, 5.74) is 2.49. The second-order valence-electron chi connectivity index (χ2n) is 6.05. The lowest BCUT2D eigenvalue weighted by Crippen LogP contribution is -2.22. The highest BCUT2D eigenvalue weighted by molar-refractivity contribution is 7.17. The molecule has 1 aliphatic carbocycles. The summed E-state index contributed by atoms with van der Waals surface area (Å²) < 4.78 is 2.25. The van der Waals surface area contributed by atoms with Gasteiger partial charge < -0.3 is 5.32 Å². The smallest absolute Gasteiger partial charge is 0.194 e. The van der Waals surface area contributed by atoms with Gasteiger partial charge in [0.1, 0.15) is 0 Å². The summed E-state index contributed by atoms with van der Waals surface area (Å²) in [5.74, 6) is 1.80. The van der Waals surface area contributed by atoms with Gasteiger partial charge in [0.15, 0.2) is 4.96 Å². The van der Waals surface area contributed by atoms with Gasteiger partial charge >= 0.3 is 0 Å². The van der Waals surface area contributed by atoms with Crippen LogP contribution in [0, 0.1) is 25.7 Å². The Morgan fingerprint density at radius 2 is 2.26 bits per heavy atom. The minimum absolute atomic E-state index is 0.878. The van der Waals surface area contributed by atoms with Crippen molar-refractivity contribution >= 4 is 16.3 Å². The molecule has 3 rings (SSSR count). The van der Waals surface area contributed by atoms with Crippen LogP contribution in [0.15, 0.2) is 6.20 Å². The summed E-state index contributed by atoms with van der Waals surface area (Å²) in [6.45, 7) is 8.72. The van der Waals surface area contributed by atoms with E-state index in [1.54, 1.807) is 11.3 Å². The number of imidazole rings is 1. The van der Waals surface area contributed by atoms with Crippen LogP contribution in [0.3, 0.4) is 0 Å². The molecule has 0 bridgehead atoms. The highest BCUT2D eigenvalue weighted by Crippen LogP contribution is 2.29. The number of aryl methyl sites for hydroxylation is 2. The Hall–Kier alpha value is -0.870. The van der Waals surface area contributed by atoms with E-state index in [1.807, 2.05) is 0 Å². The number of aromatic nitrogens is 2. The number of nitrogens with one attached hydrogen (secondary N) is 1. The van der Waals surface area contributed by atoms with Crippen molar-refractivity contribution < 1.29 is 0 Å². The van der Waals surface area contributed by atoms with Gasteiger partial charge in [0, 0.05) is 17.6 Å². The minimum Gasteiger partial charge on any atom is -0.311 e. The van der Waals surface area contributed by atoms with Gasteiger partial charge in [0.25, 0.3) is 0 Å². The van der Waals surface area contributed by atoms with Crippen molar-refractivity contribution in [2.24, 2.45) is 11.8 Å². The highest BCUT2D eigenvalue weighted by atomic mass is 32.1. The Kier molecular flexibility index (Phi) is 3.63. The molecule has 1 fully saturated rings. The molecular weight excluding hydrogens is 254 g/mol. The largest absolute Gasteiger partial charge is 0.311 e. The molecule has 0 radical (unpaired) electrons. The Morgan fingerprint density at radius 3 is 3.00 bits per heavy atom. The Labute approximate surface area is 119 Å². The van der Waals surface area contributed by atoms with E-state index < -0.39 is 0 Å². The maximum atomic E-state index is 4.64. The third kappa shape index (κ3) is 2.70. The molecular formula is C15H23N3S. The minimum atomic E-state index is 0.878. The van der Waals surface area contributed by atoms with Gasteiger partial charge in [0.2, 0.25) is 0 Å². The molecule has 0 amide bonds. The van der Waals surface area contributed by atoms with Crippen LogP contribution < -0.4 is 5.32 Å². The molecule has 3 nitrogen and oxygen atoms in total. The van der Waals surface area contributed by atoms with Crippen molar-refractivity contribution in [3.8, 4) is 0 Å². The number of hydrogen-bond donors (Lipinski definition) is 1. The van der Waals surface area contributed by atoms with Crippen molar-refractivity contribution in [3.63, 3.8) is 0 Å². The fraction of sp³-hybridized carbons (Fsp3) is 0.667. The van der Waals surface area contributed by atoms with Gasteiger partial charge in [-0.2, -0.15) is 0 Å². The lowest BCUT2D eigenvalue weighted by Gasteiger charge is -2.11. The standard InChI is InChI=1S/C15H23N3S/c1-10-4-5-13(6-10)7-16-8-14-12(3)17-15-18(14)9-11(2)19-15/h9-10,13,16H,4-8H2,1-3H3. The SMILES string of the molecule is Cc1cn2c(CNCC3CCC(C)C3)c(C)nc2s1. The van der Waals surface area contributed by atoms with E-state index in [0.717, 1.165) is 29.9 Å². The molecule has 2 aromatic rings. The highest BCUT2D eigenvalue weighted by Gasteiger charge is 2.21. The van der Waals surface area contributed by atoms with Gasteiger partial charge in [-0.15, -0.1) is 11.3 Å². The molecule has 19 heavy (non-hydrogen) atoms. The number of thiazole rings is 1. The van der Waals surface area contributed by atoms with E-state index in [4.69, 9.17) is 0 Å². The zero-order valence-corrected chi connectivity index (χ0v) is 12.9. The molecule has 2 unspecified atom stereocenters. The average Bonchev–Trinajstić information content (AvgIpc) is 2.97. The first-order valence-corrected chi connectivity index (χ1v) is 8.10. The van der Waals surface area contributed by atoms with Crippen molar-refractivity contribution in [2.45, 2.75) is 46.6 Å². The fourth-order valence-corrected chi connectivity index (χ4v) is 4.12. The zero-order chi connectivity index (χ0) is 13.4. The van der Waals surface area contributed by atoms with Gasteiger partial charge in [-0.25, -0.2) is 4.98 Å². The first-order chi connectivity index (χ1) is 9.13. The number of nitrogens with zero attached hydrogens (tertiary/aromatic N) is 2. The molecule has 1 N–H and O–H groups in total. The summed E-state index contributed by atoms with van der Waals surface area (Å²) in [5, 5.41) is 3.64. The van der Waals surface area contributed by atoms with E-state index in [1.165, 1.54) is 35.5 Å². The van der Waals surface area contributed by atoms with Gasteiger partial charge in [-0.1, -0.05) is 13.3 Å². The third-order valence-corrected chi connectivity index (χ3v) is 5.17. The maximum absolute atomic E-state index is 4.64. The number of rotatable bonds is 4. The van der Waals surface area contributed by atoms with Crippen molar-refractivity contribution in [2.75, 3.05) is 6.54 Å². The van der Waals surface area contributed by atoms with Crippen LogP contribution in [-0.4, -0.2) is 15.9 Å². The third-order valence-electron chi connectivity index (χ3n) is 4.27. The van der Waals surface area contributed by atoms with Gasteiger partial charge in [-0.05, 0) is 45.1 Å². The molecule has 2 aromatic heterocycles. The molecule has 2 atom stereocenters. The lowest BCUT2D eigenvalue weighted by molar-refractivity contribution is 0.468. The van der Waals surface area contributed by atoms with Crippen LogP contribution in [0.4, 0.5) is 0 Å². The second-order valence-corrected chi connectivity index (χ2v) is 7.27. The predicted molar refractivity (Wildman–Crippen MR) is 80.8 cm³/mol. The number of hydrogen-bond acceptors (Lipinski definition) is 3. The van der Waals surface area contributed by atoms with Crippen LogP contribution in [0.1, 0.15) is 42.5 Å². The first-order valence-electron chi connectivity index (χ1n) is 7.28. The van der Waals surface area contributed by atoms with Gasteiger partial charge in [0.05, 0.1) is 11.4 Å². The van der Waals surface area contributed by atoms with Crippen molar-refractivity contribution in [3.05, 3.63) is 22.5 Å². The van der Waals surface area contributed by atoms with Gasteiger partial charge in [-0.3, -0.25) is 4.40 Å².